The van der Waals surface area contributed by atoms with Crippen molar-refractivity contribution in [3.8, 4) is 22.5 Å². The molecule has 5 heteroatoms. The van der Waals surface area contributed by atoms with Crippen LogP contribution >= 0.6 is 20.2 Å². The van der Waals surface area contributed by atoms with Crippen LogP contribution < -0.4 is 0 Å². The van der Waals surface area contributed by atoms with Crippen LogP contribution in [-0.4, -0.2) is 9.97 Å². The SMILES string of the molecule is CC(C)(C)c1cc(-c2ccc3ccc4ccc(-c5cc(C(C)(C)C)cc(C(C)(C)C)c5)nc4c3n2)cc(C(C)(C)C)c1.[Cl][Fe][Cl]. The van der Waals surface area contributed by atoms with Crippen LogP contribution in [0.5, 0.6) is 0 Å². The number of hydrogen-bond donors (Lipinski definition) is 0. The van der Waals surface area contributed by atoms with Crippen LogP contribution in [0.4, 0.5) is 0 Å². The van der Waals surface area contributed by atoms with E-state index in [0.29, 0.717) is 0 Å². The average molecular weight is 684 g/mol. The van der Waals surface area contributed by atoms with Gasteiger partial charge in [0.2, 0.25) is 0 Å². The minimum absolute atomic E-state index is 0.0452. The predicted molar refractivity (Wildman–Crippen MR) is 194 cm³/mol. The number of nitrogens with zero attached hydrogens (tertiary/aromatic N) is 2. The van der Waals surface area contributed by atoms with Crippen molar-refractivity contribution < 1.29 is 13.1 Å². The van der Waals surface area contributed by atoms with Gasteiger partial charge in [0.15, 0.2) is 0 Å². The van der Waals surface area contributed by atoms with E-state index in [-0.39, 0.29) is 34.8 Å². The number of aromatic nitrogens is 2. The average Bonchev–Trinajstić information content (AvgIpc) is 2.94. The van der Waals surface area contributed by atoms with Gasteiger partial charge in [0.1, 0.15) is 0 Å². The maximum atomic E-state index is 5.31. The topological polar surface area (TPSA) is 25.8 Å². The van der Waals surface area contributed by atoms with Crippen molar-refractivity contribution in [3.05, 3.63) is 95.1 Å². The van der Waals surface area contributed by atoms with Crippen LogP contribution in [0.1, 0.15) is 105 Å². The Morgan fingerprint density at radius 2 is 0.667 bits per heavy atom. The summed E-state index contributed by atoms with van der Waals surface area (Å²) < 4.78 is 0. The molecule has 2 nitrogen and oxygen atoms in total. The van der Waals surface area contributed by atoms with E-state index in [2.05, 4.69) is 156 Å². The van der Waals surface area contributed by atoms with Gasteiger partial charge in [-0.05, 0) is 80.3 Å². The van der Waals surface area contributed by atoms with Gasteiger partial charge >= 0.3 is 33.3 Å². The van der Waals surface area contributed by atoms with Gasteiger partial charge in [-0.2, -0.15) is 0 Å². The van der Waals surface area contributed by atoms with Crippen LogP contribution in [-0.2, 0) is 34.8 Å². The Balaban J connectivity index is 0.00000148. The van der Waals surface area contributed by atoms with Crippen LogP contribution in [0.15, 0.2) is 72.8 Å². The van der Waals surface area contributed by atoms with Gasteiger partial charge in [0, 0.05) is 21.9 Å². The molecule has 0 saturated carbocycles. The monoisotopic (exact) mass is 682 g/mol. The summed E-state index contributed by atoms with van der Waals surface area (Å²) in [5.41, 5.74) is 11.7. The predicted octanol–water partition coefficient (Wildman–Crippen LogP) is 12.7. The molecule has 5 aromatic rings. The van der Waals surface area contributed by atoms with E-state index in [0.717, 1.165) is 44.3 Å². The Labute approximate surface area is 286 Å². The van der Waals surface area contributed by atoms with E-state index in [4.69, 9.17) is 30.2 Å². The maximum absolute atomic E-state index is 5.31. The summed E-state index contributed by atoms with van der Waals surface area (Å²) in [7, 11) is 9.53. The summed E-state index contributed by atoms with van der Waals surface area (Å²) in [5.74, 6) is 0. The fourth-order valence-corrected chi connectivity index (χ4v) is 5.37. The first-order valence-corrected chi connectivity index (χ1v) is 18.6. The number of pyridine rings is 2. The number of halogens is 2. The normalized spacial score (nSPS) is 12.8. The molecule has 5 rings (SSSR count). The Morgan fingerprint density at radius 1 is 0.422 bits per heavy atom. The van der Waals surface area contributed by atoms with Gasteiger partial charge in [0.25, 0.3) is 0 Å². The van der Waals surface area contributed by atoms with Crippen molar-refractivity contribution in [3.63, 3.8) is 0 Å². The molecule has 0 fully saturated rings. The van der Waals surface area contributed by atoms with Crippen molar-refractivity contribution in [2.75, 3.05) is 0 Å². The molecule has 0 saturated heterocycles. The number of benzene rings is 3. The molecule has 0 spiro atoms. The summed E-state index contributed by atoms with van der Waals surface area (Å²) in [6.07, 6.45) is 0. The fourth-order valence-electron chi connectivity index (χ4n) is 5.37. The second-order valence-electron chi connectivity index (χ2n) is 16.3. The Morgan fingerprint density at radius 3 is 0.911 bits per heavy atom. The van der Waals surface area contributed by atoms with Gasteiger partial charge < -0.3 is 0 Å². The molecule has 45 heavy (non-hydrogen) atoms. The van der Waals surface area contributed by atoms with Gasteiger partial charge in [-0.1, -0.05) is 119 Å². The van der Waals surface area contributed by atoms with Crippen LogP contribution in [0.2, 0.25) is 0 Å². The molecule has 0 bridgehead atoms. The summed E-state index contributed by atoms with van der Waals surface area (Å²) in [4.78, 5) is 10.6. The number of rotatable bonds is 2. The van der Waals surface area contributed by atoms with E-state index < -0.39 is 0 Å². The molecule has 2 aromatic heterocycles. The summed E-state index contributed by atoms with van der Waals surface area (Å²) in [6, 6.07) is 27.1. The Bertz CT molecular complexity index is 1630. The zero-order valence-corrected chi connectivity index (χ0v) is 31.5. The van der Waals surface area contributed by atoms with Crippen molar-refractivity contribution >= 4 is 42.0 Å². The molecule has 2 heterocycles. The third-order valence-corrected chi connectivity index (χ3v) is 8.44. The second-order valence-corrected chi connectivity index (χ2v) is 18.1. The molecule has 0 aliphatic rings. The van der Waals surface area contributed by atoms with E-state index in [9.17, 15) is 0 Å². The molecule has 0 radical (unpaired) electrons. The first-order valence-electron chi connectivity index (χ1n) is 15.6. The molecule has 0 amide bonds. The van der Waals surface area contributed by atoms with E-state index in [1.54, 1.807) is 0 Å². The summed E-state index contributed by atoms with van der Waals surface area (Å²) in [6.45, 7) is 27.4. The first kappa shape index (κ1) is 35.4. The van der Waals surface area contributed by atoms with Crippen molar-refractivity contribution in [2.45, 2.75) is 105 Å². The van der Waals surface area contributed by atoms with Crippen LogP contribution in [0.3, 0.4) is 0 Å². The molecule has 0 unspecified atom stereocenters. The number of hydrogen-bond acceptors (Lipinski definition) is 2. The van der Waals surface area contributed by atoms with Crippen molar-refractivity contribution in [1.82, 2.24) is 9.97 Å². The van der Waals surface area contributed by atoms with E-state index >= 15 is 0 Å². The summed E-state index contributed by atoms with van der Waals surface area (Å²) >= 11 is 0.194. The first-order chi connectivity index (χ1) is 20.7. The zero-order valence-electron chi connectivity index (χ0n) is 28.9. The Hall–Kier alpha value is -2.42. The van der Waals surface area contributed by atoms with Crippen LogP contribution in [0.25, 0.3) is 44.3 Å². The van der Waals surface area contributed by atoms with E-state index in [1.807, 2.05) is 0 Å². The van der Waals surface area contributed by atoms with Crippen molar-refractivity contribution in [2.24, 2.45) is 0 Å². The van der Waals surface area contributed by atoms with Gasteiger partial charge in [-0.3, -0.25) is 0 Å². The molecule has 0 aliphatic heterocycles. The molecule has 0 aliphatic carbocycles. The minimum atomic E-state index is 0.0452. The molecular formula is C40H48Cl2FeN2. The molecule has 240 valence electrons. The molecule has 0 atom stereocenters. The summed E-state index contributed by atoms with van der Waals surface area (Å²) in [5, 5.41) is 2.22. The van der Waals surface area contributed by atoms with Gasteiger partial charge in [-0.15, -0.1) is 0 Å². The quantitative estimate of drug-likeness (QED) is 0.137. The van der Waals surface area contributed by atoms with E-state index in [1.165, 1.54) is 22.3 Å². The third-order valence-electron chi connectivity index (χ3n) is 8.44. The van der Waals surface area contributed by atoms with Crippen molar-refractivity contribution in [1.29, 1.82) is 0 Å². The second kappa shape index (κ2) is 13.0. The molecule has 0 N–H and O–H groups in total. The van der Waals surface area contributed by atoms with Gasteiger partial charge in [0.05, 0.1) is 22.4 Å². The third kappa shape index (κ3) is 8.30. The Kier molecular flexibility index (Phi) is 10.2. The van der Waals surface area contributed by atoms with Crippen LogP contribution in [0, 0.1) is 0 Å². The fraction of sp³-hybridized carbons (Fsp3) is 0.400. The number of fused-ring (bicyclic) bond motifs is 3. The zero-order chi connectivity index (χ0) is 33.5. The molecule has 3 aromatic carbocycles. The molecular weight excluding hydrogens is 635 g/mol. The standard InChI is InChI=1S/C40H48N2.2ClH.Fe/c1-37(2,3)29-19-27(20-30(23-29)38(4,5)6)33-17-15-25-13-14-26-16-18-34(42-36(26)35(25)41-33)28-21-31(39(7,8)9)24-32(22-28)40(10,11)12;;;/h13-24H,1-12H3;2*1H;/q;;;+2/p-2. The van der Waals surface area contributed by atoms with Gasteiger partial charge in [-0.25, -0.2) is 9.97 Å².